The summed E-state index contributed by atoms with van der Waals surface area (Å²) in [6.07, 6.45) is 3.17. The summed E-state index contributed by atoms with van der Waals surface area (Å²) in [6.45, 7) is 14.5. The number of amides is 1. The highest BCUT2D eigenvalue weighted by atomic mass is 79.9. The average Bonchev–Trinajstić information content (AvgIpc) is 2.89. The second kappa shape index (κ2) is 11.8. The normalized spacial score (nSPS) is 16.7. The van der Waals surface area contributed by atoms with E-state index in [-0.39, 0.29) is 17.2 Å². The van der Waals surface area contributed by atoms with Crippen LogP contribution in [-0.2, 0) is 9.16 Å². The van der Waals surface area contributed by atoms with Gasteiger partial charge in [-0.15, -0.1) is 0 Å². The van der Waals surface area contributed by atoms with Gasteiger partial charge >= 0.3 is 6.09 Å². The number of hydrogen-bond donors (Lipinski definition) is 0. The predicted molar refractivity (Wildman–Crippen MR) is 162 cm³/mol. The van der Waals surface area contributed by atoms with Gasteiger partial charge in [0.05, 0.1) is 17.1 Å². The standard InChI is InChI=1S/C30H39BrN4O3Si/c1-29(2,3)38-28(36)35-18-17-34(27-32-19-23(31)20-33-27)21-24(35)22-37-39(30(4,5)6,25-13-9-7-10-14-25)26-15-11-8-12-16-26/h7-16,19-20,24H,17-18,21-22H2,1-6H3/t24-/m0/s1. The number of hydrogen-bond acceptors (Lipinski definition) is 6. The van der Waals surface area contributed by atoms with Crippen LogP contribution < -0.4 is 15.3 Å². The van der Waals surface area contributed by atoms with E-state index >= 15 is 0 Å². The lowest BCUT2D eigenvalue weighted by atomic mass is 10.2. The molecule has 1 aliphatic heterocycles. The minimum absolute atomic E-state index is 0.171. The fourth-order valence-electron chi connectivity index (χ4n) is 5.19. The molecule has 4 rings (SSSR count). The van der Waals surface area contributed by atoms with Crippen LogP contribution in [0.2, 0.25) is 5.04 Å². The van der Waals surface area contributed by atoms with Crippen LogP contribution in [0.5, 0.6) is 0 Å². The summed E-state index contributed by atoms with van der Waals surface area (Å²) in [5.41, 5.74) is -0.591. The van der Waals surface area contributed by atoms with Gasteiger partial charge in [-0.3, -0.25) is 4.90 Å². The van der Waals surface area contributed by atoms with E-state index in [1.807, 2.05) is 37.8 Å². The molecule has 1 aromatic heterocycles. The van der Waals surface area contributed by atoms with Crippen molar-refractivity contribution in [1.82, 2.24) is 14.9 Å². The Morgan fingerprint density at radius 3 is 1.95 bits per heavy atom. The molecule has 7 nitrogen and oxygen atoms in total. The van der Waals surface area contributed by atoms with Gasteiger partial charge in [0.15, 0.2) is 0 Å². The number of rotatable bonds is 6. The van der Waals surface area contributed by atoms with E-state index in [1.165, 1.54) is 10.4 Å². The van der Waals surface area contributed by atoms with Gasteiger partial charge in [0.1, 0.15) is 5.60 Å². The summed E-state index contributed by atoms with van der Waals surface area (Å²) >= 11 is 3.42. The van der Waals surface area contributed by atoms with Crippen molar-refractivity contribution >= 4 is 46.7 Å². The zero-order chi connectivity index (χ0) is 28.3. The Balaban J connectivity index is 1.71. The van der Waals surface area contributed by atoms with Crippen LogP contribution in [0.15, 0.2) is 77.5 Å². The first-order chi connectivity index (χ1) is 18.4. The van der Waals surface area contributed by atoms with Crippen LogP contribution in [0, 0.1) is 0 Å². The molecule has 208 valence electrons. The summed E-state index contributed by atoms with van der Waals surface area (Å²) in [5.74, 6) is 0.637. The maximum Gasteiger partial charge on any atom is 0.410 e. The highest BCUT2D eigenvalue weighted by Crippen LogP contribution is 2.37. The van der Waals surface area contributed by atoms with Crippen molar-refractivity contribution in [2.45, 2.75) is 58.2 Å². The first kappa shape index (κ1) is 29.2. The zero-order valence-electron chi connectivity index (χ0n) is 23.7. The highest BCUT2D eigenvalue weighted by molar-refractivity contribution is 9.10. The average molecular weight is 612 g/mol. The molecule has 0 saturated carbocycles. The SMILES string of the molecule is CC(C)(C)OC(=O)N1CCN(c2ncc(Br)cn2)C[C@H]1CO[Si](c1ccccc1)(c1ccccc1)C(C)(C)C. The molecule has 2 heterocycles. The maximum absolute atomic E-state index is 13.4. The largest absolute Gasteiger partial charge is 0.444 e. The van der Waals surface area contributed by atoms with Gasteiger partial charge in [-0.2, -0.15) is 0 Å². The van der Waals surface area contributed by atoms with Crippen LogP contribution in [0.25, 0.3) is 0 Å². The van der Waals surface area contributed by atoms with E-state index in [4.69, 9.17) is 9.16 Å². The fraction of sp³-hybridized carbons (Fsp3) is 0.433. The third kappa shape index (κ3) is 6.70. The minimum Gasteiger partial charge on any atom is -0.444 e. The second-order valence-corrected chi connectivity index (χ2v) is 17.2. The molecule has 1 fully saturated rings. The van der Waals surface area contributed by atoms with E-state index < -0.39 is 13.9 Å². The molecular weight excluding hydrogens is 572 g/mol. The summed E-state index contributed by atoms with van der Waals surface area (Å²) in [7, 11) is -2.79. The molecule has 1 aliphatic rings. The number of carbonyl (C=O) groups is 1. The number of halogens is 1. The lowest BCUT2D eigenvalue weighted by Gasteiger charge is -2.46. The van der Waals surface area contributed by atoms with E-state index in [1.54, 1.807) is 12.4 Å². The summed E-state index contributed by atoms with van der Waals surface area (Å²) < 4.78 is 13.9. The topological polar surface area (TPSA) is 67.8 Å². The Morgan fingerprint density at radius 1 is 0.923 bits per heavy atom. The van der Waals surface area contributed by atoms with Gasteiger partial charge in [0.2, 0.25) is 5.95 Å². The predicted octanol–water partition coefficient (Wildman–Crippen LogP) is 5.24. The van der Waals surface area contributed by atoms with Gasteiger partial charge in [-0.25, -0.2) is 14.8 Å². The first-order valence-corrected chi connectivity index (χ1v) is 16.1. The van der Waals surface area contributed by atoms with E-state index in [2.05, 4.69) is 100 Å². The molecule has 0 radical (unpaired) electrons. The first-order valence-electron chi connectivity index (χ1n) is 13.4. The van der Waals surface area contributed by atoms with Gasteiger partial charge in [0, 0.05) is 32.0 Å². The molecule has 0 N–H and O–H groups in total. The van der Waals surface area contributed by atoms with Gasteiger partial charge in [-0.05, 0) is 52.1 Å². The molecule has 0 spiro atoms. The number of benzene rings is 2. The molecule has 1 amide bonds. The number of piperazine rings is 1. The molecule has 1 atom stereocenters. The summed E-state index contributed by atoms with van der Waals surface area (Å²) in [6, 6.07) is 20.9. The number of carbonyl (C=O) groups excluding carboxylic acids is 1. The monoisotopic (exact) mass is 610 g/mol. The fourth-order valence-corrected chi connectivity index (χ4v) is 9.99. The van der Waals surface area contributed by atoms with Crippen LogP contribution in [0.4, 0.5) is 10.7 Å². The molecule has 3 aromatic rings. The van der Waals surface area contributed by atoms with Gasteiger partial charge in [-0.1, -0.05) is 81.4 Å². The Bertz CT molecular complexity index is 1190. The second-order valence-electron chi connectivity index (χ2n) is 11.9. The van der Waals surface area contributed by atoms with Crippen molar-refractivity contribution < 1.29 is 14.0 Å². The van der Waals surface area contributed by atoms with Gasteiger partial charge < -0.3 is 14.1 Å². The van der Waals surface area contributed by atoms with Crippen molar-refractivity contribution in [3.8, 4) is 0 Å². The number of aromatic nitrogens is 2. The van der Waals surface area contributed by atoms with Crippen molar-refractivity contribution in [2.24, 2.45) is 0 Å². The van der Waals surface area contributed by atoms with Crippen LogP contribution in [0.1, 0.15) is 41.5 Å². The highest BCUT2D eigenvalue weighted by Gasteiger charge is 2.51. The zero-order valence-corrected chi connectivity index (χ0v) is 26.3. The third-order valence-corrected chi connectivity index (χ3v) is 12.3. The van der Waals surface area contributed by atoms with Crippen molar-refractivity contribution in [3.63, 3.8) is 0 Å². The van der Waals surface area contributed by atoms with Crippen LogP contribution in [-0.4, -0.2) is 67.2 Å². The van der Waals surface area contributed by atoms with Crippen LogP contribution in [0.3, 0.4) is 0 Å². The lowest BCUT2D eigenvalue weighted by Crippen LogP contribution is -2.68. The number of ether oxygens (including phenoxy) is 1. The number of anilines is 1. The Kier molecular flexibility index (Phi) is 8.83. The molecule has 2 aromatic carbocycles. The van der Waals surface area contributed by atoms with Crippen LogP contribution >= 0.6 is 15.9 Å². The molecule has 1 saturated heterocycles. The smallest absolute Gasteiger partial charge is 0.410 e. The molecule has 39 heavy (non-hydrogen) atoms. The Hall–Kier alpha value is -2.75. The van der Waals surface area contributed by atoms with E-state index in [0.29, 0.717) is 32.2 Å². The van der Waals surface area contributed by atoms with Crippen molar-refractivity contribution in [1.29, 1.82) is 0 Å². The Morgan fingerprint density at radius 2 is 1.46 bits per heavy atom. The van der Waals surface area contributed by atoms with E-state index in [0.717, 1.165) is 4.47 Å². The lowest BCUT2D eigenvalue weighted by molar-refractivity contribution is 0.00797. The molecule has 9 heteroatoms. The van der Waals surface area contributed by atoms with Crippen molar-refractivity contribution in [3.05, 3.63) is 77.5 Å². The molecule has 0 aliphatic carbocycles. The summed E-state index contributed by atoms with van der Waals surface area (Å²) in [5, 5.41) is 2.24. The number of nitrogens with zero attached hydrogens (tertiary/aromatic N) is 4. The third-order valence-electron chi connectivity index (χ3n) is 6.91. The Labute approximate surface area is 241 Å². The maximum atomic E-state index is 13.4. The quantitative estimate of drug-likeness (QED) is 0.356. The molecule has 0 unspecified atom stereocenters. The van der Waals surface area contributed by atoms with E-state index in [9.17, 15) is 4.79 Å². The molecule has 0 bridgehead atoms. The summed E-state index contributed by atoms with van der Waals surface area (Å²) in [4.78, 5) is 26.3. The van der Waals surface area contributed by atoms with Crippen molar-refractivity contribution in [2.75, 3.05) is 31.1 Å². The van der Waals surface area contributed by atoms with Gasteiger partial charge in [0.25, 0.3) is 8.32 Å². The molecular formula is C30H39BrN4O3Si. The minimum atomic E-state index is -2.79.